The fourth-order valence-corrected chi connectivity index (χ4v) is 3.77. The molecule has 2 saturated heterocycles. The van der Waals surface area contributed by atoms with Gasteiger partial charge in [-0.3, -0.25) is 4.21 Å². The van der Waals surface area contributed by atoms with Crippen LogP contribution in [0, 0.1) is 0 Å². The zero-order chi connectivity index (χ0) is 10.7. The van der Waals surface area contributed by atoms with Gasteiger partial charge in [0.2, 0.25) is 0 Å². The topological polar surface area (TPSA) is 61.6 Å². The molecule has 0 aliphatic carbocycles. The third-order valence-electron chi connectivity index (χ3n) is 3.21. The van der Waals surface area contributed by atoms with E-state index in [-0.39, 0.29) is 10.9 Å². The molecule has 0 radical (unpaired) electrons. The van der Waals surface area contributed by atoms with E-state index in [1.165, 1.54) is 0 Å². The molecule has 2 aliphatic heterocycles. The first-order valence-electron chi connectivity index (χ1n) is 5.55. The van der Waals surface area contributed by atoms with E-state index in [2.05, 4.69) is 0 Å². The SMILES string of the molecule is NCCS(=O)C1CCOC2(CCOC2)C1. The van der Waals surface area contributed by atoms with Crippen molar-refractivity contribution < 1.29 is 13.7 Å². The number of rotatable bonds is 3. The highest BCUT2D eigenvalue weighted by Crippen LogP contribution is 2.34. The van der Waals surface area contributed by atoms with Crippen molar-refractivity contribution in [1.29, 1.82) is 0 Å². The molecule has 88 valence electrons. The number of ether oxygens (including phenoxy) is 2. The lowest BCUT2D eigenvalue weighted by atomic mass is 9.93. The van der Waals surface area contributed by atoms with Crippen LogP contribution in [0.25, 0.3) is 0 Å². The highest BCUT2D eigenvalue weighted by Gasteiger charge is 2.42. The van der Waals surface area contributed by atoms with Crippen LogP contribution < -0.4 is 5.73 Å². The molecule has 0 aromatic carbocycles. The van der Waals surface area contributed by atoms with E-state index in [1.807, 2.05) is 0 Å². The number of nitrogens with two attached hydrogens (primary N) is 1. The molecular weight excluding hydrogens is 214 g/mol. The third kappa shape index (κ3) is 2.58. The van der Waals surface area contributed by atoms with Gasteiger partial charge in [0.15, 0.2) is 0 Å². The molecule has 2 heterocycles. The van der Waals surface area contributed by atoms with Crippen LogP contribution in [0.3, 0.4) is 0 Å². The zero-order valence-electron chi connectivity index (χ0n) is 8.94. The molecule has 0 aromatic rings. The van der Waals surface area contributed by atoms with Gasteiger partial charge in [0.1, 0.15) is 0 Å². The van der Waals surface area contributed by atoms with Crippen LogP contribution in [0.15, 0.2) is 0 Å². The minimum atomic E-state index is -0.789. The van der Waals surface area contributed by atoms with Crippen molar-refractivity contribution in [2.24, 2.45) is 5.73 Å². The van der Waals surface area contributed by atoms with Crippen molar-refractivity contribution in [3.8, 4) is 0 Å². The molecule has 2 rings (SSSR count). The van der Waals surface area contributed by atoms with Gasteiger partial charge >= 0.3 is 0 Å². The van der Waals surface area contributed by atoms with Crippen LogP contribution in [0.4, 0.5) is 0 Å². The molecule has 0 bridgehead atoms. The Morgan fingerprint density at radius 1 is 1.47 bits per heavy atom. The Labute approximate surface area is 93.0 Å². The summed E-state index contributed by atoms with van der Waals surface area (Å²) in [6.07, 6.45) is 2.72. The number of hydrogen-bond donors (Lipinski definition) is 1. The van der Waals surface area contributed by atoms with Crippen molar-refractivity contribution in [3.63, 3.8) is 0 Å². The van der Waals surface area contributed by atoms with Gasteiger partial charge in [0.25, 0.3) is 0 Å². The zero-order valence-corrected chi connectivity index (χ0v) is 9.76. The molecule has 0 amide bonds. The summed E-state index contributed by atoms with van der Waals surface area (Å²) in [5, 5.41) is 0.254. The summed E-state index contributed by atoms with van der Waals surface area (Å²) in [6.45, 7) is 2.66. The predicted octanol–water partition coefficient (Wildman–Crippen LogP) is 0.0319. The second-order valence-electron chi connectivity index (χ2n) is 4.32. The summed E-state index contributed by atoms with van der Waals surface area (Å²) >= 11 is 0. The Morgan fingerprint density at radius 2 is 2.33 bits per heavy atom. The molecule has 4 nitrogen and oxygen atoms in total. The monoisotopic (exact) mass is 233 g/mol. The van der Waals surface area contributed by atoms with Crippen LogP contribution in [0.1, 0.15) is 19.3 Å². The highest BCUT2D eigenvalue weighted by atomic mass is 32.2. The minimum Gasteiger partial charge on any atom is -0.378 e. The summed E-state index contributed by atoms with van der Waals surface area (Å²) in [4.78, 5) is 0. The molecule has 15 heavy (non-hydrogen) atoms. The predicted molar refractivity (Wildman–Crippen MR) is 59.2 cm³/mol. The van der Waals surface area contributed by atoms with Crippen LogP contribution in [-0.2, 0) is 20.3 Å². The van der Waals surface area contributed by atoms with E-state index in [0.717, 1.165) is 25.9 Å². The van der Waals surface area contributed by atoms with Gasteiger partial charge < -0.3 is 15.2 Å². The summed E-state index contributed by atoms with van der Waals surface area (Å²) in [5.74, 6) is 0.613. The lowest BCUT2D eigenvalue weighted by Crippen LogP contribution is -2.44. The Kier molecular flexibility index (Phi) is 3.77. The van der Waals surface area contributed by atoms with Crippen LogP contribution in [0.5, 0.6) is 0 Å². The lowest BCUT2D eigenvalue weighted by Gasteiger charge is -2.36. The summed E-state index contributed by atoms with van der Waals surface area (Å²) in [7, 11) is -0.789. The van der Waals surface area contributed by atoms with Crippen molar-refractivity contribution >= 4 is 10.8 Å². The Hall–Kier alpha value is 0.0300. The number of hydrogen-bond acceptors (Lipinski definition) is 4. The minimum absolute atomic E-state index is 0.132. The molecule has 0 saturated carbocycles. The lowest BCUT2D eigenvalue weighted by molar-refractivity contribution is -0.0774. The molecule has 2 N–H and O–H groups in total. The van der Waals surface area contributed by atoms with Crippen molar-refractivity contribution in [2.45, 2.75) is 30.1 Å². The molecule has 0 aromatic heterocycles. The average molecular weight is 233 g/mol. The maximum Gasteiger partial charge on any atom is 0.0948 e. The smallest absolute Gasteiger partial charge is 0.0948 e. The molecule has 1 spiro atoms. The van der Waals surface area contributed by atoms with Gasteiger partial charge in [-0.25, -0.2) is 0 Å². The molecule has 2 aliphatic rings. The van der Waals surface area contributed by atoms with E-state index in [0.29, 0.717) is 25.5 Å². The molecule has 2 fully saturated rings. The average Bonchev–Trinajstić information content (AvgIpc) is 2.67. The van der Waals surface area contributed by atoms with Crippen molar-refractivity contribution in [3.05, 3.63) is 0 Å². The first-order valence-corrected chi connectivity index (χ1v) is 6.93. The standard InChI is InChI=1S/C10H19NO3S/c11-3-6-15(12)9-1-4-14-10(7-9)2-5-13-8-10/h9H,1-8,11H2. The summed E-state index contributed by atoms with van der Waals surface area (Å²) in [6, 6.07) is 0. The normalized spacial score (nSPS) is 38.3. The van der Waals surface area contributed by atoms with Crippen LogP contribution >= 0.6 is 0 Å². The maximum atomic E-state index is 11.9. The van der Waals surface area contributed by atoms with E-state index >= 15 is 0 Å². The molecular formula is C10H19NO3S. The van der Waals surface area contributed by atoms with Gasteiger partial charge in [-0.15, -0.1) is 0 Å². The fourth-order valence-electron chi connectivity index (χ4n) is 2.35. The first-order chi connectivity index (χ1) is 7.26. The van der Waals surface area contributed by atoms with Gasteiger partial charge in [-0.05, 0) is 12.8 Å². The van der Waals surface area contributed by atoms with Crippen LogP contribution in [-0.4, -0.2) is 47.2 Å². The van der Waals surface area contributed by atoms with E-state index < -0.39 is 10.8 Å². The maximum absolute atomic E-state index is 11.9. The highest BCUT2D eigenvalue weighted by molar-refractivity contribution is 7.85. The Bertz CT molecular complexity index is 241. The largest absolute Gasteiger partial charge is 0.378 e. The van der Waals surface area contributed by atoms with Crippen molar-refractivity contribution in [2.75, 3.05) is 32.1 Å². The molecule has 3 atom stereocenters. The van der Waals surface area contributed by atoms with Gasteiger partial charge in [0, 0.05) is 48.0 Å². The van der Waals surface area contributed by atoms with E-state index in [9.17, 15) is 4.21 Å². The molecule has 5 heteroatoms. The Balaban J connectivity index is 1.94. The van der Waals surface area contributed by atoms with E-state index in [4.69, 9.17) is 15.2 Å². The third-order valence-corrected chi connectivity index (χ3v) is 4.99. The van der Waals surface area contributed by atoms with Crippen molar-refractivity contribution in [1.82, 2.24) is 0 Å². The summed E-state index contributed by atoms with van der Waals surface area (Å²) in [5.41, 5.74) is 5.30. The van der Waals surface area contributed by atoms with Gasteiger partial charge in [0.05, 0.1) is 12.2 Å². The van der Waals surface area contributed by atoms with E-state index in [1.54, 1.807) is 0 Å². The first kappa shape index (κ1) is 11.5. The Morgan fingerprint density at radius 3 is 3.00 bits per heavy atom. The van der Waals surface area contributed by atoms with Crippen LogP contribution in [0.2, 0.25) is 0 Å². The fraction of sp³-hybridized carbons (Fsp3) is 1.00. The second kappa shape index (κ2) is 4.91. The van der Waals surface area contributed by atoms with Gasteiger partial charge in [-0.2, -0.15) is 0 Å². The quantitative estimate of drug-likeness (QED) is 0.747. The molecule has 3 unspecified atom stereocenters. The summed E-state index contributed by atoms with van der Waals surface area (Å²) < 4.78 is 23.0. The van der Waals surface area contributed by atoms with Gasteiger partial charge in [-0.1, -0.05) is 0 Å². The second-order valence-corrected chi connectivity index (χ2v) is 6.16.